The number of nitrogens with zero attached hydrogens (tertiary/aromatic N) is 5. The van der Waals surface area contributed by atoms with E-state index >= 15 is 12.6 Å². The van der Waals surface area contributed by atoms with E-state index in [1.54, 1.807) is 0 Å². The van der Waals surface area contributed by atoms with Gasteiger partial charge in [0.25, 0.3) is 0 Å². The minimum absolute atomic E-state index is 0.404. The van der Waals surface area contributed by atoms with Crippen molar-refractivity contribution in [2.45, 2.75) is 0 Å². The van der Waals surface area contributed by atoms with E-state index in [0.717, 1.165) is 36.4 Å². The predicted molar refractivity (Wildman–Crippen MR) is 136 cm³/mol. The van der Waals surface area contributed by atoms with Crippen LogP contribution in [-0.2, 0) is 0 Å². The van der Waals surface area contributed by atoms with Crippen LogP contribution in [0.15, 0.2) is 114 Å². The summed E-state index contributed by atoms with van der Waals surface area (Å²) in [5.74, 6) is -1.31. The van der Waals surface area contributed by atoms with E-state index in [-0.39, 0.29) is 0 Å². The van der Waals surface area contributed by atoms with E-state index in [4.69, 9.17) is 13.6 Å². The molecule has 204 valence electrons. The van der Waals surface area contributed by atoms with E-state index in [2.05, 4.69) is 18.1 Å². The summed E-state index contributed by atoms with van der Waals surface area (Å²) in [4.78, 5) is 0. The number of halogens is 7. The SMILES string of the molecule is FP1(F)=NP(F)(F)=NP(F)(Oc2ccccc2)=NP(F)(Oc2ccccc2)=NP(F)(Oc2ccccc2)=N1. The van der Waals surface area contributed by atoms with Gasteiger partial charge in [0.2, 0.25) is 0 Å². The normalized spacial score (nSPS) is 28.1. The van der Waals surface area contributed by atoms with Gasteiger partial charge in [-0.15, -0.1) is 52.0 Å². The molecule has 0 amide bonds. The van der Waals surface area contributed by atoms with Crippen molar-refractivity contribution < 1.29 is 42.9 Å². The topological polar surface area (TPSA) is 89.5 Å². The number of hydrogen-bond acceptors (Lipinski definition) is 8. The first-order valence-corrected chi connectivity index (χ1v) is 17.5. The maximum atomic E-state index is 16.3. The molecule has 0 radical (unpaired) electrons. The van der Waals surface area contributed by atoms with Crippen LogP contribution in [0, 0.1) is 0 Å². The van der Waals surface area contributed by atoms with Crippen LogP contribution in [0.1, 0.15) is 0 Å². The smallest absolute Gasteiger partial charge is 0.419 e. The van der Waals surface area contributed by atoms with Gasteiger partial charge < -0.3 is 13.6 Å². The van der Waals surface area contributed by atoms with Crippen LogP contribution in [0.25, 0.3) is 0 Å². The second-order valence-corrected chi connectivity index (χ2v) is 15.8. The van der Waals surface area contributed by atoms with Crippen molar-refractivity contribution in [3.63, 3.8) is 0 Å². The molecule has 0 aliphatic carbocycles. The molecule has 1 aliphatic rings. The van der Waals surface area contributed by atoms with Gasteiger partial charge in [0.15, 0.2) is 0 Å². The first-order valence-electron chi connectivity index (χ1n) is 10.1. The molecule has 3 atom stereocenters. The van der Waals surface area contributed by atoms with Gasteiger partial charge in [0, 0.05) is 0 Å². The fourth-order valence-electron chi connectivity index (χ4n) is 2.71. The Labute approximate surface area is 212 Å². The first kappa shape index (κ1) is 28.7. The summed E-state index contributed by atoms with van der Waals surface area (Å²) in [5, 5.41) is 0. The summed E-state index contributed by atoms with van der Waals surface area (Å²) in [6, 6.07) is 19.0. The molecule has 8 nitrogen and oxygen atoms in total. The van der Waals surface area contributed by atoms with Crippen LogP contribution < -0.4 is 13.6 Å². The van der Waals surface area contributed by atoms with Crippen molar-refractivity contribution in [1.29, 1.82) is 0 Å². The quantitative estimate of drug-likeness (QED) is 0.199. The zero-order chi connectivity index (χ0) is 27.5. The van der Waals surface area contributed by atoms with Crippen molar-refractivity contribution >= 4 is 38.9 Å². The van der Waals surface area contributed by atoms with Crippen LogP contribution in [0.3, 0.4) is 0 Å². The molecular weight excluding hydrogens is 622 g/mol. The zero-order valence-electron chi connectivity index (χ0n) is 18.5. The summed E-state index contributed by atoms with van der Waals surface area (Å²) in [7, 11) is -31.0. The van der Waals surface area contributed by atoms with Gasteiger partial charge >= 0.3 is 38.9 Å². The van der Waals surface area contributed by atoms with Crippen molar-refractivity contribution in [2.75, 3.05) is 0 Å². The number of benzene rings is 3. The van der Waals surface area contributed by atoms with Crippen LogP contribution in [0.5, 0.6) is 17.2 Å². The molecule has 0 fully saturated rings. The molecule has 3 aromatic rings. The second kappa shape index (κ2) is 11.1. The Morgan fingerprint density at radius 1 is 0.368 bits per heavy atom. The van der Waals surface area contributed by atoms with Gasteiger partial charge in [-0.25, -0.2) is 0 Å². The molecule has 1 heterocycles. The lowest BCUT2D eigenvalue weighted by Crippen LogP contribution is -1.92. The van der Waals surface area contributed by atoms with Gasteiger partial charge in [-0.1, -0.05) is 54.6 Å². The third-order valence-electron chi connectivity index (χ3n) is 3.99. The highest BCUT2D eigenvalue weighted by Gasteiger charge is 2.43. The van der Waals surface area contributed by atoms with Crippen LogP contribution in [-0.4, -0.2) is 0 Å². The van der Waals surface area contributed by atoms with E-state index in [1.807, 2.05) is 4.52 Å². The van der Waals surface area contributed by atoms with E-state index in [1.165, 1.54) is 54.6 Å². The highest BCUT2D eigenvalue weighted by atomic mass is 31.3. The molecular formula is C18H15F7N5O3P5. The summed E-state index contributed by atoms with van der Waals surface area (Å²) in [6.45, 7) is 0. The van der Waals surface area contributed by atoms with Gasteiger partial charge in [0.1, 0.15) is 17.2 Å². The fourth-order valence-corrected chi connectivity index (χ4v) is 12.4. The monoisotopic (exact) mass is 637 g/mol. The number of para-hydroxylation sites is 3. The zero-order valence-corrected chi connectivity index (χ0v) is 23.0. The number of hydrogen-bond donors (Lipinski definition) is 0. The molecule has 0 N–H and O–H groups in total. The van der Waals surface area contributed by atoms with Crippen LogP contribution in [0.4, 0.5) is 29.4 Å². The fraction of sp³-hybridized carbons (Fsp3) is 0. The molecule has 0 saturated carbocycles. The third kappa shape index (κ3) is 8.11. The summed E-state index contributed by atoms with van der Waals surface area (Å²) in [6.07, 6.45) is 0. The molecule has 0 bridgehead atoms. The lowest BCUT2D eigenvalue weighted by molar-refractivity contribution is 0.529. The minimum Gasteiger partial charge on any atom is -0.419 e. The molecule has 0 saturated heterocycles. The van der Waals surface area contributed by atoms with E-state index in [9.17, 15) is 16.8 Å². The molecule has 4 rings (SSSR count). The average Bonchev–Trinajstić information content (AvgIpc) is 2.77. The summed E-state index contributed by atoms with van der Waals surface area (Å²) in [5.41, 5.74) is 0. The van der Waals surface area contributed by atoms with Gasteiger partial charge in [0.05, 0.1) is 0 Å². The van der Waals surface area contributed by atoms with Crippen molar-refractivity contribution in [1.82, 2.24) is 0 Å². The summed E-state index contributed by atoms with van der Waals surface area (Å²) < 4.78 is 134. The maximum Gasteiger partial charge on any atom is 0.443 e. The highest BCUT2D eigenvalue weighted by molar-refractivity contribution is 7.78. The molecule has 3 unspecified atom stereocenters. The standard InChI is InChI=1S/C18H15F7N5O3P5/c19-34(20)26-35(21,22)28-37(24,32-17-12-6-2-7-13-17)30-38(25,33-18-14-8-3-9-15-18)29-36(23,27-34)31-16-10-4-1-5-11-16/h1-15H. The molecule has 0 aromatic heterocycles. The van der Waals surface area contributed by atoms with E-state index < -0.39 is 56.1 Å². The van der Waals surface area contributed by atoms with Gasteiger partial charge in [-0.05, 0) is 36.4 Å². The van der Waals surface area contributed by atoms with E-state index in [0.29, 0.717) is 0 Å². The van der Waals surface area contributed by atoms with Crippen molar-refractivity contribution in [3.05, 3.63) is 91.0 Å². The minimum atomic E-state index is -6.65. The van der Waals surface area contributed by atoms with Crippen molar-refractivity contribution in [2.24, 2.45) is 22.6 Å². The Bertz CT molecular complexity index is 1540. The average molecular weight is 637 g/mol. The molecule has 38 heavy (non-hydrogen) atoms. The predicted octanol–water partition coefficient (Wildman–Crippen LogP) is 12.8. The first-order chi connectivity index (χ1) is 17.8. The molecule has 20 heteroatoms. The molecule has 3 aromatic carbocycles. The Balaban J connectivity index is 2.05. The number of rotatable bonds is 6. The lowest BCUT2D eigenvalue weighted by Gasteiger charge is -2.20. The molecule has 1 aliphatic heterocycles. The molecule has 0 spiro atoms. The lowest BCUT2D eigenvalue weighted by atomic mass is 10.3. The van der Waals surface area contributed by atoms with Gasteiger partial charge in [-0.2, -0.15) is 0 Å². The maximum absolute atomic E-state index is 16.3. The Hall–Kier alpha value is -2.28. The second-order valence-electron chi connectivity index (χ2n) is 6.99. The highest BCUT2D eigenvalue weighted by Crippen LogP contribution is 2.81. The Morgan fingerprint density at radius 3 is 1.03 bits per heavy atom. The van der Waals surface area contributed by atoms with Crippen LogP contribution in [0.2, 0.25) is 0 Å². The van der Waals surface area contributed by atoms with Crippen molar-refractivity contribution in [3.8, 4) is 17.2 Å². The van der Waals surface area contributed by atoms with Gasteiger partial charge in [-0.3, -0.25) is 0 Å². The summed E-state index contributed by atoms with van der Waals surface area (Å²) >= 11 is 0. The largest absolute Gasteiger partial charge is 0.443 e. The van der Waals surface area contributed by atoms with Crippen LogP contribution >= 0.6 is 38.9 Å². The Kier molecular flexibility index (Phi) is 8.37. The third-order valence-corrected chi connectivity index (χ3v) is 14.1. The Morgan fingerprint density at radius 2 is 0.658 bits per heavy atom.